The average molecular weight is 288 g/mol. The molecule has 0 aliphatic carbocycles. The highest BCUT2D eigenvalue weighted by Crippen LogP contribution is 2.06. The van der Waals surface area contributed by atoms with Crippen LogP contribution in [0.4, 0.5) is 4.79 Å². The Labute approximate surface area is 121 Å². The summed E-state index contributed by atoms with van der Waals surface area (Å²) in [6, 6.07) is -0.277. The first-order chi connectivity index (χ1) is 9.45. The quantitative estimate of drug-likeness (QED) is 0.506. The number of ether oxygens (including phenoxy) is 1. The van der Waals surface area contributed by atoms with E-state index in [2.05, 4.69) is 24.5 Å². The summed E-state index contributed by atoms with van der Waals surface area (Å²) >= 11 is 0. The van der Waals surface area contributed by atoms with E-state index in [0.717, 1.165) is 12.8 Å². The second-order valence-corrected chi connectivity index (χ2v) is 5.30. The molecule has 0 aromatic carbocycles. The third kappa shape index (κ3) is 11.8. The number of aliphatic carboxylic acids is 1. The number of carbonyl (C=O) groups is 2. The van der Waals surface area contributed by atoms with Crippen molar-refractivity contribution < 1.29 is 19.4 Å². The van der Waals surface area contributed by atoms with Crippen LogP contribution in [-0.4, -0.2) is 43.4 Å². The van der Waals surface area contributed by atoms with Gasteiger partial charge in [-0.15, -0.1) is 0 Å². The first kappa shape index (κ1) is 18.7. The van der Waals surface area contributed by atoms with Gasteiger partial charge in [0.1, 0.15) is 0 Å². The fourth-order valence-electron chi connectivity index (χ4n) is 1.57. The fourth-order valence-corrected chi connectivity index (χ4v) is 1.57. The first-order valence-electron chi connectivity index (χ1n) is 7.26. The second-order valence-electron chi connectivity index (χ2n) is 5.30. The molecule has 1 atom stereocenters. The molecule has 0 aliphatic rings. The van der Waals surface area contributed by atoms with Crippen LogP contribution in [0.1, 0.15) is 40.0 Å². The highest BCUT2D eigenvalue weighted by atomic mass is 16.5. The van der Waals surface area contributed by atoms with Crippen LogP contribution in [0.5, 0.6) is 0 Å². The van der Waals surface area contributed by atoms with Gasteiger partial charge in [-0.2, -0.15) is 0 Å². The molecule has 0 radical (unpaired) electrons. The van der Waals surface area contributed by atoms with Crippen molar-refractivity contribution in [3.05, 3.63) is 0 Å². The van der Waals surface area contributed by atoms with E-state index in [1.165, 1.54) is 0 Å². The highest BCUT2D eigenvalue weighted by molar-refractivity contribution is 5.74. The van der Waals surface area contributed by atoms with E-state index >= 15 is 0 Å². The predicted molar refractivity (Wildman–Crippen MR) is 77.7 cm³/mol. The Morgan fingerprint density at radius 2 is 1.90 bits per heavy atom. The van der Waals surface area contributed by atoms with E-state index in [1.807, 2.05) is 6.92 Å². The Kier molecular flexibility index (Phi) is 10.8. The molecule has 118 valence electrons. The van der Waals surface area contributed by atoms with Crippen molar-refractivity contribution in [3.8, 4) is 0 Å². The number of hydrogen-bond acceptors (Lipinski definition) is 3. The summed E-state index contributed by atoms with van der Waals surface area (Å²) in [4.78, 5) is 22.1. The lowest BCUT2D eigenvalue weighted by molar-refractivity contribution is -0.138. The number of amides is 2. The van der Waals surface area contributed by atoms with E-state index < -0.39 is 5.97 Å². The molecule has 0 rings (SSSR count). The predicted octanol–water partition coefficient (Wildman–Crippen LogP) is 1.85. The molecule has 0 aromatic heterocycles. The van der Waals surface area contributed by atoms with Gasteiger partial charge in [-0.25, -0.2) is 4.79 Å². The minimum absolute atomic E-state index is 0.0273. The van der Waals surface area contributed by atoms with Gasteiger partial charge in [0.2, 0.25) is 0 Å². The Balaban J connectivity index is 3.55. The molecule has 20 heavy (non-hydrogen) atoms. The van der Waals surface area contributed by atoms with Crippen molar-refractivity contribution in [2.24, 2.45) is 11.8 Å². The largest absolute Gasteiger partial charge is 0.481 e. The lowest BCUT2D eigenvalue weighted by Crippen LogP contribution is -2.40. The Morgan fingerprint density at radius 1 is 1.20 bits per heavy atom. The van der Waals surface area contributed by atoms with E-state index in [0.29, 0.717) is 32.2 Å². The summed E-state index contributed by atoms with van der Waals surface area (Å²) < 4.78 is 5.37. The molecule has 0 saturated carbocycles. The third-order valence-electron chi connectivity index (χ3n) is 2.96. The number of rotatable bonds is 11. The molecular formula is C14H28N2O4. The van der Waals surface area contributed by atoms with Gasteiger partial charge in [0.25, 0.3) is 0 Å². The lowest BCUT2D eigenvalue weighted by atomic mass is 10.0. The van der Waals surface area contributed by atoms with E-state index in [4.69, 9.17) is 9.84 Å². The zero-order valence-electron chi connectivity index (χ0n) is 12.8. The average Bonchev–Trinajstić information content (AvgIpc) is 2.37. The summed E-state index contributed by atoms with van der Waals surface area (Å²) in [6.07, 6.45) is 1.82. The van der Waals surface area contributed by atoms with E-state index in [1.54, 1.807) is 0 Å². The van der Waals surface area contributed by atoms with E-state index in [9.17, 15) is 9.59 Å². The number of urea groups is 1. The molecule has 0 bridgehead atoms. The van der Waals surface area contributed by atoms with Crippen molar-refractivity contribution in [2.75, 3.05) is 26.3 Å². The molecule has 6 heteroatoms. The van der Waals surface area contributed by atoms with Crippen molar-refractivity contribution in [3.63, 3.8) is 0 Å². The van der Waals surface area contributed by atoms with Crippen LogP contribution in [-0.2, 0) is 9.53 Å². The maximum Gasteiger partial charge on any atom is 0.314 e. The maximum absolute atomic E-state index is 11.5. The van der Waals surface area contributed by atoms with Crippen molar-refractivity contribution in [1.82, 2.24) is 10.6 Å². The Morgan fingerprint density at radius 3 is 2.45 bits per heavy atom. The van der Waals surface area contributed by atoms with Crippen LogP contribution in [0.15, 0.2) is 0 Å². The van der Waals surface area contributed by atoms with Crippen LogP contribution in [0.25, 0.3) is 0 Å². The maximum atomic E-state index is 11.5. The third-order valence-corrected chi connectivity index (χ3v) is 2.96. The number of carboxylic acids is 1. The molecule has 6 nitrogen and oxygen atoms in total. The summed E-state index contributed by atoms with van der Waals surface area (Å²) in [5, 5.41) is 14.1. The van der Waals surface area contributed by atoms with Crippen LogP contribution >= 0.6 is 0 Å². The fraction of sp³-hybridized carbons (Fsp3) is 0.857. The van der Waals surface area contributed by atoms with Gasteiger partial charge in [0.05, 0.1) is 6.61 Å². The minimum atomic E-state index is -0.836. The van der Waals surface area contributed by atoms with Gasteiger partial charge >= 0.3 is 12.0 Å². The van der Waals surface area contributed by atoms with Gasteiger partial charge in [0.15, 0.2) is 0 Å². The molecule has 0 spiro atoms. The molecule has 3 N–H and O–H groups in total. The summed E-state index contributed by atoms with van der Waals surface area (Å²) in [5.41, 5.74) is 0. The van der Waals surface area contributed by atoms with Crippen molar-refractivity contribution in [1.29, 1.82) is 0 Å². The van der Waals surface area contributed by atoms with Crippen molar-refractivity contribution in [2.45, 2.75) is 40.0 Å². The number of carbonyl (C=O) groups excluding carboxylic acids is 1. The second kappa shape index (κ2) is 11.5. The molecule has 0 fully saturated rings. The van der Waals surface area contributed by atoms with Crippen LogP contribution in [0.3, 0.4) is 0 Å². The number of carboxylic acid groups (broad SMARTS) is 1. The van der Waals surface area contributed by atoms with Gasteiger partial charge in [-0.3, -0.25) is 4.79 Å². The molecule has 0 saturated heterocycles. The molecule has 0 heterocycles. The van der Waals surface area contributed by atoms with E-state index in [-0.39, 0.29) is 18.4 Å². The van der Waals surface area contributed by atoms with Gasteiger partial charge < -0.3 is 20.5 Å². The summed E-state index contributed by atoms with van der Waals surface area (Å²) in [5.74, 6) is -0.246. The topological polar surface area (TPSA) is 87.7 Å². The summed E-state index contributed by atoms with van der Waals surface area (Å²) in [6.45, 7) is 8.22. The zero-order chi connectivity index (χ0) is 15.4. The monoisotopic (exact) mass is 288 g/mol. The van der Waals surface area contributed by atoms with Gasteiger partial charge in [-0.05, 0) is 18.3 Å². The van der Waals surface area contributed by atoms with Crippen LogP contribution in [0, 0.1) is 11.8 Å². The zero-order valence-corrected chi connectivity index (χ0v) is 12.8. The van der Waals surface area contributed by atoms with Crippen molar-refractivity contribution >= 4 is 12.0 Å². The van der Waals surface area contributed by atoms with Gasteiger partial charge in [-0.1, -0.05) is 27.2 Å². The molecule has 2 amide bonds. The number of nitrogens with one attached hydrogen (secondary N) is 2. The molecule has 0 aliphatic heterocycles. The van der Waals surface area contributed by atoms with Crippen LogP contribution in [0.2, 0.25) is 0 Å². The Hall–Kier alpha value is -1.30. The minimum Gasteiger partial charge on any atom is -0.481 e. The van der Waals surface area contributed by atoms with Gasteiger partial charge in [0, 0.05) is 26.1 Å². The number of hydrogen-bond donors (Lipinski definition) is 3. The summed E-state index contributed by atoms with van der Waals surface area (Å²) in [7, 11) is 0. The molecular weight excluding hydrogens is 260 g/mol. The smallest absolute Gasteiger partial charge is 0.314 e. The molecule has 0 aromatic rings. The first-order valence-corrected chi connectivity index (χ1v) is 7.26. The SMILES string of the molecule is CCC(CNC(=O)NCCOCCC(C)C)CC(=O)O. The lowest BCUT2D eigenvalue weighted by Gasteiger charge is -2.14. The molecule has 1 unspecified atom stereocenters. The highest BCUT2D eigenvalue weighted by Gasteiger charge is 2.12. The Bertz CT molecular complexity index is 282. The standard InChI is InChI=1S/C14H28N2O4/c1-4-12(9-13(17)18)10-16-14(19)15-6-8-20-7-5-11(2)3/h11-12H,4-10H2,1-3H3,(H,17,18)(H2,15,16,19). The normalized spacial score (nSPS) is 12.2. The van der Waals surface area contributed by atoms with Crippen LogP contribution < -0.4 is 10.6 Å².